The number of ether oxygens (including phenoxy) is 4. The van der Waals surface area contributed by atoms with Gasteiger partial charge in [-0.25, -0.2) is 0 Å². The van der Waals surface area contributed by atoms with E-state index in [9.17, 15) is 14.7 Å². The van der Waals surface area contributed by atoms with Gasteiger partial charge in [0.2, 0.25) is 0 Å². The minimum atomic E-state index is -0.888. The molecule has 40 heavy (non-hydrogen) atoms. The molecule has 3 heterocycles. The first kappa shape index (κ1) is 28.9. The van der Waals surface area contributed by atoms with Crippen LogP contribution in [0.2, 0.25) is 0 Å². The first-order valence-corrected chi connectivity index (χ1v) is 14.6. The van der Waals surface area contributed by atoms with E-state index in [0.29, 0.717) is 31.3 Å². The molecule has 0 aromatic rings. The van der Waals surface area contributed by atoms with E-state index in [1.165, 1.54) is 11.1 Å². The molecule has 0 bridgehead atoms. The van der Waals surface area contributed by atoms with Crippen molar-refractivity contribution in [3.8, 4) is 12.8 Å². The van der Waals surface area contributed by atoms with Crippen LogP contribution in [0, 0.1) is 47.9 Å². The summed E-state index contributed by atoms with van der Waals surface area (Å²) < 4.78 is 25.8. The Bertz CT molecular complexity index is 1140. The second kappa shape index (κ2) is 10.0. The fourth-order valence-corrected chi connectivity index (χ4v) is 9.45. The van der Waals surface area contributed by atoms with E-state index in [-0.39, 0.29) is 29.5 Å². The molecule has 3 aliphatic heterocycles. The van der Waals surface area contributed by atoms with Gasteiger partial charge in [-0.3, -0.25) is 9.59 Å². The van der Waals surface area contributed by atoms with Gasteiger partial charge in [0.25, 0.3) is 0 Å². The lowest BCUT2D eigenvalue weighted by Crippen LogP contribution is -2.67. The van der Waals surface area contributed by atoms with Crippen LogP contribution in [0.15, 0.2) is 23.5 Å². The number of hydrogen-bond donors (Lipinski definition) is 1. The van der Waals surface area contributed by atoms with Crippen LogP contribution in [0.25, 0.3) is 0 Å². The molecule has 7 aliphatic rings. The molecule has 0 amide bonds. The zero-order chi connectivity index (χ0) is 29.2. The summed E-state index contributed by atoms with van der Waals surface area (Å²) in [7, 11) is 0. The van der Waals surface area contributed by atoms with Gasteiger partial charge in [0, 0.05) is 11.3 Å². The van der Waals surface area contributed by atoms with Crippen molar-refractivity contribution >= 4 is 18.7 Å². The summed E-state index contributed by atoms with van der Waals surface area (Å²) >= 11 is 0. The minimum absolute atomic E-state index is 0.0257. The van der Waals surface area contributed by atoms with Crippen LogP contribution >= 0.6 is 0 Å². The van der Waals surface area contributed by atoms with E-state index in [4.69, 9.17) is 23.7 Å². The third-order valence-corrected chi connectivity index (χ3v) is 11.4. The number of epoxide rings is 2. The number of hydrogen-bond acceptors (Lipinski definition) is 7. The summed E-state index contributed by atoms with van der Waals surface area (Å²) in [6.45, 7) is 13.5. The quantitative estimate of drug-likeness (QED) is 0.308. The molecule has 2 spiro atoms. The van der Waals surface area contributed by atoms with Crippen LogP contribution < -0.4 is 0 Å². The van der Waals surface area contributed by atoms with Gasteiger partial charge in [0.15, 0.2) is 5.60 Å². The minimum Gasteiger partial charge on any atom is -0.490 e. The van der Waals surface area contributed by atoms with Crippen LogP contribution in [0.5, 0.6) is 0 Å². The Morgan fingerprint density at radius 1 is 1.07 bits per heavy atom. The molecule has 0 aromatic heterocycles. The van der Waals surface area contributed by atoms with Crippen molar-refractivity contribution in [2.45, 2.75) is 102 Å². The number of esters is 1. The van der Waals surface area contributed by atoms with Gasteiger partial charge >= 0.3 is 11.9 Å². The highest BCUT2D eigenvalue weighted by Crippen LogP contribution is 2.80. The second-order valence-corrected chi connectivity index (χ2v) is 13.0. The highest BCUT2D eigenvalue weighted by atomic mass is 16.7. The molecule has 7 rings (SSSR count). The van der Waals surface area contributed by atoms with Crippen molar-refractivity contribution in [3.05, 3.63) is 23.5 Å². The van der Waals surface area contributed by atoms with Gasteiger partial charge < -0.3 is 28.8 Å². The van der Waals surface area contributed by atoms with Gasteiger partial charge in [-0.2, -0.15) is 0 Å². The molecule has 8 heteroatoms. The monoisotopic (exact) mass is 554 g/mol. The van der Waals surface area contributed by atoms with E-state index in [0.717, 1.165) is 44.3 Å². The van der Waals surface area contributed by atoms with E-state index in [2.05, 4.69) is 40.2 Å². The molecular formula is C32H42O8. The summed E-state index contributed by atoms with van der Waals surface area (Å²) in [5, 5.41) is 9.78. The maximum atomic E-state index is 13.6. The molecule has 2 unspecified atom stereocenters. The Morgan fingerprint density at radius 3 is 2.40 bits per heavy atom. The van der Waals surface area contributed by atoms with Crippen molar-refractivity contribution < 1.29 is 38.4 Å². The van der Waals surface area contributed by atoms with Crippen molar-refractivity contribution in [2.24, 2.45) is 35.0 Å². The van der Waals surface area contributed by atoms with Gasteiger partial charge in [0.1, 0.15) is 30.9 Å². The lowest BCUT2D eigenvalue weighted by atomic mass is 9.46. The van der Waals surface area contributed by atoms with Crippen molar-refractivity contribution in [3.63, 3.8) is 0 Å². The average Bonchev–Trinajstić information content (AvgIpc) is 3.85. The Kier molecular flexibility index (Phi) is 7.24. The van der Waals surface area contributed by atoms with Crippen LogP contribution in [-0.2, 0) is 33.3 Å². The Balaban J connectivity index is 0.000000774. The van der Waals surface area contributed by atoms with Crippen molar-refractivity contribution in [2.75, 3.05) is 6.61 Å². The third-order valence-electron chi connectivity index (χ3n) is 11.4. The zero-order valence-electron chi connectivity index (χ0n) is 23.9. The van der Waals surface area contributed by atoms with Gasteiger partial charge in [-0.05, 0) is 61.5 Å². The molecular weight excluding hydrogens is 512 g/mol. The lowest BCUT2D eigenvalue weighted by molar-refractivity contribution is -0.179. The van der Waals surface area contributed by atoms with E-state index >= 15 is 0 Å². The Labute approximate surface area is 236 Å². The first-order valence-electron chi connectivity index (χ1n) is 14.6. The standard InChI is InChI=1S/C29H38O7.C2H2.CH2O/c1-14(2)19-11-23-29(36-23)27(4)10-9-16-15(3)33-13-20(16)21(27)12-22-28(29,35-22)24(19)34-26(32)18-8-6-5-7-17(18)25(30)31;2*1-2/h14,17-19,21-24H,3,5-13H2,1-2,4H3,(H,30,31);1-2H;1H2/t17-,18+,19?,21?,22+,23+,24-,27+,28-,29-;;/m1../s1. The maximum absolute atomic E-state index is 13.6. The largest absolute Gasteiger partial charge is 0.490 e. The maximum Gasteiger partial charge on any atom is 0.310 e. The molecule has 1 N–H and O–H groups in total. The van der Waals surface area contributed by atoms with Crippen LogP contribution in [0.4, 0.5) is 0 Å². The number of carbonyl (C=O) groups excluding carboxylic acids is 2. The predicted octanol–water partition coefficient (Wildman–Crippen LogP) is 4.47. The molecule has 2 saturated heterocycles. The molecule has 0 radical (unpaired) electrons. The van der Waals surface area contributed by atoms with Crippen LogP contribution in [0.3, 0.4) is 0 Å². The normalized spacial score (nSPS) is 45.4. The Hall–Kier alpha value is -2.63. The number of carboxylic acids is 1. The van der Waals surface area contributed by atoms with Crippen LogP contribution in [-0.4, -0.2) is 60.0 Å². The molecule has 10 atom stereocenters. The van der Waals surface area contributed by atoms with E-state index < -0.39 is 35.1 Å². The summed E-state index contributed by atoms with van der Waals surface area (Å²) in [5.41, 5.74) is 1.43. The summed E-state index contributed by atoms with van der Waals surface area (Å²) in [5.74, 6) is -0.925. The highest BCUT2D eigenvalue weighted by Gasteiger charge is 2.93. The second-order valence-electron chi connectivity index (χ2n) is 13.0. The highest BCUT2D eigenvalue weighted by molar-refractivity contribution is 5.81. The van der Waals surface area contributed by atoms with Gasteiger partial charge in [-0.15, -0.1) is 12.8 Å². The number of rotatable bonds is 4. The Morgan fingerprint density at radius 2 is 1.75 bits per heavy atom. The van der Waals surface area contributed by atoms with Crippen molar-refractivity contribution in [1.82, 2.24) is 0 Å². The lowest BCUT2D eigenvalue weighted by Gasteiger charge is -2.55. The first-order chi connectivity index (χ1) is 19.2. The summed E-state index contributed by atoms with van der Waals surface area (Å²) in [4.78, 5) is 33.6. The average molecular weight is 555 g/mol. The topological polar surface area (TPSA) is 115 Å². The van der Waals surface area contributed by atoms with E-state index in [1.807, 2.05) is 6.79 Å². The number of carboxylic acid groups (broad SMARTS) is 1. The predicted molar refractivity (Wildman–Crippen MR) is 146 cm³/mol. The molecule has 5 fully saturated rings. The fourth-order valence-electron chi connectivity index (χ4n) is 9.45. The number of terminal acetylenes is 1. The van der Waals surface area contributed by atoms with Crippen molar-refractivity contribution in [1.29, 1.82) is 0 Å². The third kappa shape index (κ3) is 3.62. The molecule has 3 saturated carbocycles. The van der Waals surface area contributed by atoms with Crippen LogP contribution in [0.1, 0.15) is 72.1 Å². The zero-order valence-corrected chi connectivity index (χ0v) is 23.9. The molecule has 8 nitrogen and oxygen atoms in total. The molecule has 4 aliphatic carbocycles. The number of carbonyl (C=O) groups is 3. The fraction of sp³-hybridized carbons (Fsp3) is 0.719. The SMILES string of the molecule is C#C.C=C1OCC2=C1CC[C@@]1(C)C2C[C@@H]2O[C@@]23[C@H](OC(=O)[C@H]2CCCC[C@H]2C(=O)O)C(C(C)C)C[C@@H]2O[C@@]231.C=O. The summed E-state index contributed by atoms with van der Waals surface area (Å²) in [6.07, 6.45) is 14.1. The number of fused-ring (bicyclic) bond motifs is 2. The number of aliphatic carboxylic acids is 1. The smallest absolute Gasteiger partial charge is 0.310 e. The number of allylic oxidation sites excluding steroid dienone is 1. The molecule has 218 valence electrons. The van der Waals surface area contributed by atoms with E-state index in [1.54, 1.807) is 0 Å². The summed E-state index contributed by atoms with van der Waals surface area (Å²) in [6, 6.07) is 0. The van der Waals surface area contributed by atoms with Gasteiger partial charge in [-0.1, -0.05) is 40.2 Å². The molecule has 0 aromatic carbocycles. The van der Waals surface area contributed by atoms with Gasteiger partial charge in [0.05, 0.1) is 24.0 Å².